The number of aryl methyl sites for hydroxylation is 1. The molecule has 1 aliphatic carbocycles. The Morgan fingerprint density at radius 3 is 2.46 bits per heavy atom. The van der Waals surface area contributed by atoms with Crippen LogP contribution in [0.3, 0.4) is 0 Å². The van der Waals surface area contributed by atoms with Crippen LogP contribution in [0.15, 0.2) is 77.3 Å². The summed E-state index contributed by atoms with van der Waals surface area (Å²) >= 11 is 0. The molecule has 46 heavy (non-hydrogen) atoms. The van der Waals surface area contributed by atoms with E-state index in [1.165, 1.54) is 31.2 Å². The van der Waals surface area contributed by atoms with Gasteiger partial charge in [0.05, 0.1) is 0 Å². The van der Waals surface area contributed by atoms with Crippen molar-refractivity contribution in [3.8, 4) is 23.0 Å². The van der Waals surface area contributed by atoms with Crippen molar-refractivity contribution in [3.05, 3.63) is 95.3 Å². The molecular weight excluding hydrogens is 578 g/mol. The van der Waals surface area contributed by atoms with Crippen LogP contribution in [-0.4, -0.2) is 63.5 Å². The fourth-order valence-corrected chi connectivity index (χ4v) is 7.15. The van der Waals surface area contributed by atoms with E-state index in [9.17, 15) is 9.59 Å². The molecule has 7 rings (SSSR count). The number of rotatable bonds is 9. The highest BCUT2D eigenvalue weighted by Crippen LogP contribution is 2.34. The van der Waals surface area contributed by atoms with Crippen LogP contribution in [0.5, 0.6) is 11.5 Å². The lowest BCUT2D eigenvalue weighted by molar-refractivity contribution is -0.128. The number of amides is 2. The van der Waals surface area contributed by atoms with Crippen LogP contribution in [-0.2, 0) is 11.3 Å². The number of hydrogen-bond acceptors (Lipinski definition) is 7. The standard InChI is InChI=1S/C37H41N5O4/c1-25-38-37(46-40-25)27-13-15-33(16-14-27)45-34-21-28(36(44)39-31-17-19-41(20-18-31)32-9-5-6-10-32)11-12-29(34)23-42-24-30(22-35(42)43)26-7-3-2-4-8-26/h2-4,7-8,11-16,21,30-32H,5-6,9-10,17-20,22-24H2,1H3,(H,39,44). The number of likely N-dealkylation sites (tertiary alicyclic amines) is 2. The highest BCUT2D eigenvalue weighted by Gasteiger charge is 2.32. The van der Waals surface area contributed by atoms with Crippen molar-refractivity contribution in [2.45, 2.75) is 76.4 Å². The minimum atomic E-state index is -0.0979. The number of ether oxygens (including phenoxy) is 1. The van der Waals surface area contributed by atoms with Crippen LogP contribution >= 0.6 is 0 Å². The van der Waals surface area contributed by atoms with Crippen molar-refractivity contribution in [2.24, 2.45) is 0 Å². The molecule has 3 aliphatic rings. The molecule has 9 heteroatoms. The van der Waals surface area contributed by atoms with Gasteiger partial charge < -0.3 is 24.4 Å². The number of piperidine rings is 1. The fourth-order valence-electron chi connectivity index (χ4n) is 7.15. The molecule has 1 unspecified atom stereocenters. The Labute approximate surface area is 269 Å². The van der Waals surface area contributed by atoms with E-state index in [1.54, 1.807) is 6.92 Å². The Kier molecular flexibility index (Phi) is 8.83. The Bertz CT molecular complexity index is 1660. The Morgan fingerprint density at radius 1 is 0.978 bits per heavy atom. The van der Waals surface area contributed by atoms with Gasteiger partial charge in [-0.2, -0.15) is 4.98 Å². The summed E-state index contributed by atoms with van der Waals surface area (Å²) in [7, 11) is 0. The zero-order chi connectivity index (χ0) is 31.5. The summed E-state index contributed by atoms with van der Waals surface area (Å²) in [6.07, 6.45) is 7.71. The highest BCUT2D eigenvalue weighted by atomic mass is 16.5. The van der Waals surface area contributed by atoms with Crippen LogP contribution < -0.4 is 10.1 Å². The van der Waals surface area contributed by atoms with Crippen molar-refractivity contribution in [2.75, 3.05) is 19.6 Å². The smallest absolute Gasteiger partial charge is 0.257 e. The number of carbonyl (C=O) groups is 2. The van der Waals surface area contributed by atoms with Crippen molar-refractivity contribution < 1.29 is 18.8 Å². The SMILES string of the molecule is Cc1noc(-c2ccc(Oc3cc(C(=O)NC4CCN(C5CCCC5)CC4)ccc3CN3CC(c4ccccc4)CC3=O)cc2)n1. The van der Waals surface area contributed by atoms with E-state index in [-0.39, 0.29) is 23.8 Å². The van der Waals surface area contributed by atoms with Crippen LogP contribution in [0, 0.1) is 6.92 Å². The van der Waals surface area contributed by atoms with Crippen LogP contribution in [0.2, 0.25) is 0 Å². The lowest BCUT2D eigenvalue weighted by atomic mass is 9.98. The van der Waals surface area contributed by atoms with Gasteiger partial charge in [-0.15, -0.1) is 0 Å². The maximum absolute atomic E-state index is 13.5. The van der Waals surface area contributed by atoms with Crippen LogP contribution in [0.4, 0.5) is 0 Å². The molecular formula is C37H41N5O4. The van der Waals surface area contributed by atoms with Gasteiger partial charge >= 0.3 is 0 Å². The molecule has 1 aromatic heterocycles. The molecule has 0 radical (unpaired) electrons. The number of aromatic nitrogens is 2. The zero-order valence-corrected chi connectivity index (χ0v) is 26.4. The molecule has 2 aliphatic heterocycles. The van der Waals surface area contributed by atoms with Gasteiger partial charge in [-0.05, 0) is 74.6 Å². The second-order valence-electron chi connectivity index (χ2n) is 12.9. The molecule has 1 saturated carbocycles. The van der Waals surface area contributed by atoms with E-state index < -0.39 is 0 Å². The van der Waals surface area contributed by atoms with Gasteiger partial charge in [0.25, 0.3) is 11.8 Å². The summed E-state index contributed by atoms with van der Waals surface area (Å²) in [5.74, 6) is 2.35. The fraction of sp³-hybridized carbons (Fsp3) is 0.405. The Hall–Kier alpha value is -4.50. The van der Waals surface area contributed by atoms with Gasteiger partial charge in [-0.3, -0.25) is 9.59 Å². The van der Waals surface area contributed by atoms with Crippen molar-refractivity contribution in [1.82, 2.24) is 25.3 Å². The number of carbonyl (C=O) groups excluding carboxylic acids is 2. The third-order valence-electron chi connectivity index (χ3n) is 9.74. The van der Waals surface area contributed by atoms with Crippen molar-refractivity contribution in [3.63, 3.8) is 0 Å². The van der Waals surface area contributed by atoms with Gasteiger partial charge in [0.2, 0.25) is 5.91 Å². The maximum Gasteiger partial charge on any atom is 0.257 e. The molecule has 4 aromatic rings. The van der Waals surface area contributed by atoms with Crippen LogP contribution in [0.1, 0.15) is 78.2 Å². The number of nitrogens with zero attached hydrogens (tertiary/aromatic N) is 4. The molecule has 3 aromatic carbocycles. The van der Waals surface area contributed by atoms with Crippen LogP contribution in [0.25, 0.3) is 11.5 Å². The number of benzene rings is 3. The molecule has 2 amide bonds. The van der Waals surface area contributed by atoms with Gasteiger partial charge in [0.1, 0.15) is 11.5 Å². The lowest BCUT2D eigenvalue weighted by Gasteiger charge is -2.36. The molecule has 0 bridgehead atoms. The Balaban J connectivity index is 1.08. The van der Waals surface area contributed by atoms with Crippen molar-refractivity contribution in [1.29, 1.82) is 0 Å². The predicted molar refractivity (Wildman–Crippen MR) is 175 cm³/mol. The summed E-state index contributed by atoms with van der Waals surface area (Å²) in [5.41, 5.74) is 3.35. The van der Waals surface area contributed by atoms with E-state index >= 15 is 0 Å². The second-order valence-corrected chi connectivity index (χ2v) is 12.9. The normalized spacial score (nSPS) is 19.5. The summed E-state index contributed by atoms with van der Waals surface area (Å²) in [5, 5.41) is 7.15. The Morgan fingerprint density at radius 2 is 1.74 bits per heavy atom. The first kappa shape index (κ1) is 30.2. The first-order chi connectivity index (χ1) is 22.5. The number of hydrogen-bond donors (Lipinski definition) is 1. The summed E-state index contributed by atoms with van der Waals surface area (Å²) in [4.78, 5) is 35.4. The average Bonchev–Trinajstić information content (AvgIpc) is 3.85. The molecule has 238 valence electrons. The van der Waals surface area contributed by atoms with Crippen molar-refractivity contribution >= 4 is 11.8 Å². The van der Waals surface area contributed by atoms with E-state index in [1.807, 2.05) is 65.6 Å². The molecule has 0 spiro atoms. The molecule has 2 saturated heterocycles. The number of nitrogens with one attached hydrogen (secondary N) is 1. The van der Waals surface area contributed by atoms with E-state index in [4.69, 9.17) is 9.26 Å². The minimum Gasteiger partial charge on any atom is -0.457 e. The van der Waals surface area contributed by atoms with Gasteiger partial charge in [-0.25, -0.2) is 0 Å². The van der Waals surface area contributed by atoms with E-state index in [2.05, 4.69) is 32.5 Å². The molecule has 1 atom stereocenters. The molecule has 1 N–H and O–H groups in total. The summed E-state index contributed by atoms with van der Waals surface area (Å²) in [6.45, 7) is 4.90. The summed E-state index contributed by atoms with van der Waals surface area (Å²) in [6, 6.07) is 24.1. The third-order valence-corrected chi connectivity index (χ3v) is 9.74. The van der Waals surface area contributed by atoms with E-state index in [0.29, 0.717) is 48.3 Å². The zero-order valence-electron chi connectivity index (χ0n) is 26.4. The van der Waals surface area contributed by atoms with Gasteiger partial charge in [0.15, 0.2) is 5.82 Å². The quantitative estimate of drug-likeness (QED) is 0.229. The topological polar surface area (TPSA) is 101 Å². The highest BCUT2D eigenvalue weighted by molar-refractivity contribution is 5.95. The third kappa shape index (κ3) is 6.84. The molecule has 9 nitrogen and oxygen atoms in total. The average molecular weight is 620 g/mol. The minimum absolute atomic E-state index is 0.0979. The lowest BCUT2D eigenvalue weighted by Crippen LogP contribution is -2.47. The van der Waals surface area contributed by atoms with Gasteiger partial charge in [-0.1, -0.05) is 54.4 Å². The van der Waals surface area contributed by atoms with E-state index in [0.717, 1.165) is 43.1 Å². The monoisotopic (exact) mass is 619 g/mol. The van der Waals surface area contributed by atoms with Gasteiger partial charge in [0, 0.05) is 67.3 Å². The second kappa shape index (κ2) is 13.5. The summed E-state index contributed by atoms with van der Waals surface area (Å²) < 4.78 is 11.7. The largest absolute Gasteiger partial charge is 0.457 e. The molecule has 3 heterocycles. The molecule has 3 fully saturated rings. The maximum atomic E-state index is 13.5. The predicted octanol–water partition coefficient (Wildman–Crippen LogP) is 6.49. The first-order valence-electron chi connectivity index (χ1n) is 16.6. The first-order valence-corrected chi connectivity index (χ1v) is 16.6.